The molecule has 7 nitrogen and oxygen atoms in total. The molecule has 1 fully saturated rings. The van der Waals surface area contributed by atoms with Gasteiger partial charge in [-0.25, -0.2) is 0 Å². The summed E-state index contributed by atoms with van der Waals surface area (Å²) in [5.74, 6) is 0.207. The van der Waals surface area contributed by atoms with Crippen LogP contribution in [0, 0.1) is 5.92 Å². The molecule has 162 valence electrons. The van der Waals surface area contributed by atoms with Crippen molar-refractivity contribution in [3.63, 3.8) is 0 Å². The summed E-state index contributed by atoms with van der Waals surface area (Å²) in [6.07, 6.45) is 5.82. The molecular weight excluding hydrogens is 390 g/mol. The lowest BCUT2D eigenvalue weighted by Gasteiger charge is -2.17. The summed E-state index contributed by atoms with van der Waals surface area (Å²) < 4.78 is 0. The minimum atomic E-state index is -0.0810. The minimum absolute atomic E-state index is 0. The Balaban J connectivity index is 0.00000420. The second kappa shape index (κ2) is 13.8. The van der Waals surface area contributed by atoms with Crippen LogP contribution in [-0.2, 0) is 16.0 Å². The van der Waals surface area contributed by atoms with Crippen LogP contribution < -0.4 is 16.8 Å². The van der Waals surface area contributed by atoms with Gasteiger partial charge in [0.25, 0.3) is 0 Å². The lowest BCUT2D eigenvalue weighted by Crippen LogP contribution is -2.35. The number of unbranched alkanes of at least 4 members (excludes halogenated alkanes) is 2. The normalized spacial score (nSPS) is 15.7. The van der Waals surface area contributed by atoms with Crippen molar-refractivity contribution in [2.24, 2.45) is 22.4 Å². The molecule has 2 rings (SSSR count). The van der Waals surface area contributed by atoms with Crippen molar-refractivity contribution >= 4 is 30.2 Å². The highest BCUT2D eigenvalue weighted by atomic mass is 35.5. The van der Waals surface area contributed by atoms with Crippen molar-refractivity contribution in [2.75, 3.05) is 26.2 Å². The van der Waals surface area contributed by atoms with E-state index in [4.69, 9.17) is 11.5 Å². The molecule has 2 amide bonds. The molecule has 1 unspecified atom stereocenters. The van der Waals surface area contributed by atoms with E-state index >= 15 is 0 Å². The van der Waals surface area contributed by atoms with E-state index in [1.807, 2.05) is 23.1 Å². The van der Waals surface area contributed by atoms with Crippen LogP contribution in [0.15, 0.2) is 35.3 Å². The molecule has 1 aromatic carbocycles. The Bertz CT molecular complexity index is 650. The van der Waals surface area contributed by atoms with Crippen molar-refractivity contribution in [2.45, 2.75) is 44.9 Å². The topological polar surface area (TPSA) is 114 Å². The Labute approximate surface area is 179 Å². The molecular formula is C21H34ClN5O2. The number of halogens is 1. The predicted molar refractivity (Wildman–Crippen MR) is 119 cm³/mol. The number of benzene rings is 1. The summed E-state index contributed by atoms with van der Waals surface area (Å²) in [6, 6.07) is 10.3. The van der Waals surface area contributed by atoms with E-state index in [-0.39, 0.29) is 36.1 Å². The third kappa shape index (κ3) is 9.65. The SMILES string of the molecule is Cl.NC(N)=NCCCCCC(=O)NCC1CCN(CCCc2ccccc2)C1=O. The third-order valence-corrected chi connectivity index (χ3v) is 5.05. The van der Waals surface area contributed by atoms with Crippen LogP contribution in [-0.4, -0.2) is 48.9 Å². The van der Waals surface area contributed by atoms with E-state index in [0.717, 1.165) is 51.6 Å². The first-order valence-electron chi connectivity index (χ1n) is 10.2. The molecule has 1 aliphatic rings. The first-order valence-corrected chi connectivity index (χ1v) is 10.2. The van der Waals surface area contributed by atoms with Gasteiger partial charge in [-0.3, -0.25) is 14.6 Å². The molecule has 0 aliphatic carbocycles. The average Bonchev–Trinajstić information content (AvgIpc) is 3.03. The minimum Gasteiger partial charge on any atom is -0.370 e. The number of aryl methyl sites for hydroxylation is 1. The van der Waals surface area contributed by atoms with E-state index in [9.17, 15) is 9.59 Å². The second-order valence-corrected chi connectivity index (χ2v) is 7.32. The average molecular weight is 424 g/mol. The second-order valence-electron chi connectivity index (χ2n) is 7.32. The van der Waals surface area contributed by atoms with Gasteiger partial charge in [-0.15, -0.1) is 12.4 Å². The summed E-state index contributed by atoms with van der Waals surface area (Å²) in [5.41, 5.74) is 11.8. The molecule has 5 N–H and O–H groups in total. The summed E-state index contributed by atoms with van der Waals surface area (Å²) in [4.78, 5) is 30.3. The maximum absolute atomic E-state index is 12.5. The number of likely N-dealkylation sites (tertiary alicyclic amines) is 1. The number of hydrogen-bond acceptors (Lipinski definition) is 3. The lowest BCUT2D eigenvalue weighted by molar-refractivity contribution is -0.131. The largest absolute Gasteiger partial charge is 0.370 e. The molecule has 8 heteroatoms. The number of guanidine groups is 1. The van der Waals surface area contributed by atoms with Crippen molar-refractivity contribution < 1.29 is 9.59 Å². The zero-order chi connectivity index (χ0) is 20.2. The standard InChI is InChI=1S/C21H33N5O2.ClH/c22-21(23)24-13-6-2-5-11-19(27)25-16-18-12-15-26(20(18)28)14-7-10-17-8-3-1-4-9-17;/h1,3-4,8-9,18H,2,5-7,10-16H2,(H,25,27)(H4,22,23,24);1H. The van der Waals surface area contributed by atoms with Crippen LogP contribution >= 0.6 is 12.4 Å². The summed E-state index contributed by atoms with van der Waals surface area (Å²) in [5, 5.41) is 2.91. The molecule has 0 aromatic heterocycles. The van der Waals surface area contributed by atoms with Crippen LogP contribution in [0.25, 0.3) is 0 Å². The van der Waals surface area contributed by atoms with Gasteiger partial charge in [-0.1, -0.05) is 36.8 Å². The zero-order valence-corrected chi connectivity index (χ0v) is 17.8. The summed E-state index contributed by atoms with van der Waals surface area (Å²) in [6.45, 7) is 2.62. The number of rotatable bonds is 12. The molecule has 0 spiro atoms. The lowest BCUT2D eigenvalue weighted by atomic mass is 10.1. The van der Waals surface area contributed by atoms with Crippen LogP contribution in [0.3, 0.4) is 0 Å². The molecule has 0 radical (unpaired) electrons. The van der Waals surface area contributed by atoms with Crippen LogP contribution in [0.4, 0.5) is 0 Å². The molecule has 1 atom stereocenters. The fraction of sp³-hybridized carbons (Fsp3) is 0.571. The van der Waals surface area contributed by atoms with Gasteiger partial charge in [0.2, 0.25) is 11.8 Å². The van der Waals surface area contributed by atoms with E-state index in [0.29, 0.717) is 19.5 Å². The number of nitrogens with zero attached hydrogens (tertiary/aromatic N) is 2. The van der Waals surface area contributed by atoms with Crippen LogP contribution in [0.2, 0.25) is 0 Å². The highest BCUT2D eigenvalue weighted by Crippen LogP contribution is 2.18. The van der Waals surface area contributed by atoms with Crippen molar-refractivity contribution in [1.82, 2.24) is 10.2 Å². The third-order valence-electron chi connectivity index (χ3n) is 5.05. The Morgan fingerprint density at radius 1 is 1.14 bits per heavy atom. The fourth-order valence-corrected chi connectivity index (χ4v) is 3.44. The predicted octanol–water partition coefficient (Wildman–Crippen LogP) is 1.84. The summed E-state index contributed by atoms with van der Waals surface area (Å²) >= 11 is 0. The Hall–Kier alpha value is -2.28. The van der Waals surface area contributed by atoms with Gasteiger partial charge in [-0.05, 0) is 37.7 Å². The van der Waals surface area contributed by atoms with Gasteiger partial charge in [0.15, 0.2) is 5.96 Å². The quantitative estimate of drug-likeness (QED) is 0.270. The van der Waals surface area contributed by atoms with Gasteiger partial charge in [0.05, 0.1) is 5.92 Å². The fourth-order valence-electron chi connectivity index (χ4n) is 3.44. The molecule has 29 heavy (non-hydrogen) atoms. The van der Waals surface area contributed by atoms with Gasteiger partial charge < -0.3 is 21.7 Å². The molecule has 1 saturated heterocycles. The maximum atomic E-state index is 12.5. The summed E-state index contributed by atoms with van der Waals surface area (Å²) in [7, 11) is 0. The number of nitrogens with one attached hydrogen (secondary N) is 1. The molecule has 0 saturated carbocycles. The first-order chi connectivity index (χ1) is 13.6. The molecule has 1 aromatic rings. The first kappa shape index (κ1) is 24.8. The maximum Gasteiger partial charge on any atom is 0.227 e. The smallest absolute Gasteiger partial charge is 0.227 e. The van der Waals surface area contributed by atoms with E-state index in [1.54, 1.807) is 0 Å². The van der Waals surface area contributed by atoms with E-state index < -0.39 is 0 Å². The Morgan fingerprint density at radius 3 is 2.62 bits per heavy atom. The van der Waals surface area contributed by atoms with Gasteiger partial charge in [0, 0.05) is 32.6 Å². The number of carbonyl (C=O) groups excluding carboxylic acids is 2. The Kier molecular flexibility index (Phi) is 11.8. The zero-order valence-electron chi connectivity index (χ0n) is 17.0. The molecule has 1 aliphatic heterocycles. The van der Waals surface area contributed by atoms with Gasteiger partial charge in [-0.2, -0.15) is 0 Å². The molecule has 1 heterocycles. The van der Waals surface area contributed by atoms with Crippen LogP contribution in [0.1, 0.15) is 44.1 Å². The monoisotopic (exact) mass is 423 g/mol. The highest BCUT2D eigenvalue weighted by molar-refractivity contribution is 5.85. The van der Waals surface area contributed by atoms with Gasteiger partial charge >= 0.3 is 0 Å². The van der Waals surface area contributed by atoms with Gasteiger partial charge in [0.1, 0.15) is 0 Å². The number of hydrogen-bond donors (Lipinski definition) is 3. The van der Waals surface area contributed by atoms with Crippen molar-refractivity contribution in [3.05, 3.63) is 35.9 Å². The number of aliphatic imine (C=N–C) groups is 1. The van der Waals surface area contributed by atoms with E-state index in [2.05, 4.69) is 22.4 Å². The highest BCUT2D eigenvalue weighted by Gasteiger charge is 2.31. The molecule has 0 bridgehead atoms. The number of nitrogens with two attached hydrogens (primary N) is 2. The van der Waals surface area contributed by atoms with Crippen molar-refractivity contribution in [1.29, 1.82) is 0 Å². The van der Waals surface area contributed by atoms with Crippen LogP contribution in [0.5, 0.6) is 0 Å². The number of carbonyl (C=O) groups is 2. The van der Waals surface area contributed by atoms with Crippen molar-refractivity contribution in [3.8, 4) is 0 Å². The Morgan fingerprint density at radius 2 is 1.90 bits per heavy atom. The van der Waals surface area contributed by atoms with E-state index in [1.165, 1.54) is 5.56 Å². The number of amides is 2.